The molecule has 6 nitrogen and oxygen atoms in total. The van der Waals surface area contributed by atoms with Gasteiger partial charge in [0.1, 0.15) is 11.6 Å². The number of aromatic nitrogens is 4. The van der Waals surface area contributed by atoms with Gasteiger partial charge in [0.2, 0.25) is 5.95 Å². The molecule has 0 radical (unpaired) electrons. The van der Waals surface area contributed by atoms with Gasteiger partial charge >= 0.3 is 0 Å². The first-order valence-electron chi connectivity index (χ1n) is 7.72. The number of hydrogen-bond acceptors (Lipinski definition) is 5. The Hall–Kier alpha value is -2.96. The molecule has 0 atom stereocenters. The fraction of sp³-hybridized carbons (Fsp3) is 0.235. The van der Waals surface area contributed by atoms with Gasteiger partial charge in [0, 0.05) is 23.9 Å². The van der Waals surface area contributed by atoms with Gasteiger partial charge in [0.05, 0.1) is 25.0 Å². The van der Waals surface area contributed by atoms with Crippen LogP contribution in [-0.4, -0.2) is 19.7 Å². The predicted octanol–water partition coefficient (Wildman–Crippen LogP) is 2.27. The van der Waals surface area contributed by atoms with Crippen LogP contribution < -0.4 is 10.6 Å². The van der Waals surface area contributed by atoms with E-state index >= 15 is 0 Å². The maximum absolute atomic E-state index is 13.0. The highest BCUT2D eigenvalue weighted by Gasteiger charge is 2.25. The monoisotopic (exact) mass is 324 g/mol. The lowest BCUT2D eigenvalue weighted by atomic mass is 10.2. The molecule has 24 heavy (non-hydrogen) atoms. The number of hydrogen-bond donors (Lipinski definition) is 1. The van der Waals surface area contributed by atoms with Crippen molar-refractivity contribution in [2.45, 2.75) is 26.6 Å². The van der Waals surface area contributed by atoms with Crippen LogP contribution in [0.2, 0.25) is 0 Å². The van der Waals surface area contributed by atoms with E-state index in [1.165, 1.54) is 17.7 Å². The van der Waals surface area contributed by atoms with E-state index in [1.54, 1.807) is 12.1 Å². The molecule has 0 unspecified atom stereocenters. The Labute approximate surface area is 138 Å². The molecule has 0 amide bonds. The summed E-state index contributed by atoms with van der Waals surface area (Å²) in [5.74, 6) is 0.880. The number of fused-ring (bicyclic) bond motifs is 1. The van der Waals surface area contributed by atoms with Crippen molar-refractivity contribution in [1.29, 1.82) is 0 Å². The van der Waals surface area contributed by atoms with Crippen LogP contribution in [-0.2, 0) is 19.6 Å². The molecule has 3 aromatic rings. The lowest BCUT2D eigenvalue weighted by Crippen LogP contribution is -2.19. The van der Waals surface area contributed by atoms with Gasteiger partial charge in [-0.2, -0.15) is 10.1 Å². The molecule has 2 N–H and O–H groups in total. The van der Waals surface area contributed by atoms with Crippen LogP contribution in [0.4, 0.5) is 16.2 Å². The number of nitrogen functional groups attached to an aromatic ring is 1. The smallest absolute Gasteiger partial charge is 0.222 e. The van der Waals surface area contributed by atoms with E-state index in [1.807, 2.05) is 23.9 Å². The van der Waals surface area contributed by atoms with Gasteiger partial charge in [-0.15, -0.1) is 0 Å². The highest BCUT2D eigenvalue weighted by molar-refractivity contribution is 5.48. The van der Waals surface area contributed by atoms with Crippen molar-refractivity contribution in [1.82, 2.24) is 19.7 Å². The van der Waals surface area contributed by atoms with E-state index < -0.39 is 0 Å². The number of halogens is 1. The van der Waals surface area contributed by atoms with Crippen LogP contribution in [0.15, 0.2) is 36.5 Å². The third-order valence-electron chi connectivity index (χ3n) is 4.16. The molecule has 0 saturated carbocycles. The molecular weight excluding hydrogens is 307 g/mol. The van der Waals surface area contributed by atoms with E-state index in [0.29, 0.717) is 13.1 Å². The quantitative estimate of drug-likeness (QED) is 0.800. The Kier molecular flexibility index (Phi) is 3.41. The Balaban J connectivity index is 1.57. The van der Waals surface area contributed by atoms with Crippen molar-refractivity contribution in [2.24, 2.45) is 0 Å². The Bertz CT molecular complexity index is 866. The first kappa shape index (κ1) is 14.6. The Morgan fingerprint density at radius 1 is 1.17 bits per heavy atom. The van der Waals surface area contributed by atoms with Gasteiger partial charge in [-0.1, -0.05) is 12.1 Å². The second kappa shape index (κ2) is 5.59. The summed E-state index contributed by atoms with van der Waals surface area (Å²) < 4.78 is 15.0. The maximum Gasteiger partial charge on any atom is 0.222 e. The predicted molar refractivity (Wildman–Crippen MR) is 88.8 cm³/mol. The van der Waals surface area contributed by atoms with Gasteiger partial charge in [-0.3, -0.25) is 4.68 Å². The molecule has 3 heterocycles. The second-order valence-electron chi connectivity index (χ2n) is 5.98. The Morgan fingerprint density at radius 2 is 1.96 bits per heavy atom. The molecule has 2 aromatic heterocycles. The topological polar surface area (TPSA) is 72.9 Å². The van der Waals surface area contributed by atoms with Crippen molar-refractivity contribution in [2.75, 3.05) is 10.6 Å². The minimum atomic E-state index is -0.229. The van der Waals surface area contributed by atoms with Gasteiger partial charge in [-0.05, 0) is 24.6 Å². The number of anilines is 2. The van der Waals surface area contributed by atoms with Crippen molar-refractivity contribution in [3.05, 3.63) is 64.9 Å². The third kappa shape index (κ3) is 2.68. The molecule has 7 heteroatoms. The summed E-state index contributed by atoms with van der Waals surface area (Å²) in [7, 11) is 0. The van der Waals surface area contributed by atoms with Crippen molar-refractivity contribution < 1.29 is 4.39 Å². The van der Waals surface area contributed by atoms with E-state index in [0.717, 1.165) is 29.3 Å². The van der Waals surface area contributed by atoms with Crippen LogP contribution in [0.1, 0.15) is 22.5 Å². The average Bonchev–Trinajstić information content (AvgIpc) is 3.10. The minimum Gasteiger partial charge on any atom is -0.368 e. The second-order valence-corrected chi connectivity index (χ2v) is 5.98. The summed E-state index contributed by atoms with van der Waals surface area (Å²) in [6.07, 6.45) is 1.89. The van der Waals surface area contributed by atoms with E-state index in [9.17, 15) is 4.39 Å². The molecule has 4 rings (SSSR count). The van der Waals surface area contributed by atoms with Crippen LogP contribution >= 0.6 is 0 Å². The van der Waals surface area contributed by atoms with E-state index in [2.05, 4.69) is 20.0 Å². The summed E-state index contributed by atoms with van der Waals surface area (Å²) in [6.45, 7) is 3.98. The molecule has 0 saturated heterocycles. The number of nitrogens with two attached hydrogens (primary N) is 1. The normalized spacial score (nSPS) is 13.3. The van der Waals surface area contributed by atoms with E-state index in [-0.39, 0.29) is 11.8 Å². The van der Waals surface area contributed by atoms with Crippen LogP contribution in [0, 0.1) is 12.7 Å². The fourth-order valence-corrected chi connectivity index (χ4v) is 3.00. The summed E-state index contributed by atoms with van der Waals surface area (Å²) in [6, 6.07) is 8.44. The molecule has 0 aliphatic carbocycles. The molecular formula is C17H17FN6. The van der Waals surface area contributed by atoms with Crippen LogP contribution in [0.25, 0.3) is 0 Å². The zero-order chi connectivity index (χ0) is 16.7. The zero-order valence-electron chi connectivity index (χ0n) is 13.3. The highest BCUT2D eigenvalue weighted by atomic mass is 19.1. The van der Waals surface area contributed by atoms with Gasteiger partial charge in [0.25, 0.3) is 0 Å². The summed E-state index contributed by atoms with van der Waals surface area (Å²) in [5.41, 5.74) is 9.94. The molecule has 0 bridgehead atoms. The number of rotatable bonds is 3. The highest BCUT2D eigenvalue weighted by Crippen LogP contribution is 2.28. The molecule has 1 aromatic carbocycles. The Morgan fingerprint density at radius 3 is 2.71 bits per heavy atom. The molecule has 0 spiro atoms. The number of nitrogens with zero attached hydrogens (tertiary/aromatic N) is 5. The number of benzene rings is 1. The molecule has 1 aliphatic rings. The SMILES string of the molecule is Cc1cc(N2Cc3cnn(Cc4ccc(F)cc4)c3C2)nc(N)n1. The van der Waals surface area contributed by atoms with Gasteiger partial charge < -0.3 is 10.6 Å². The lowest BCUT2D eigenvalue weighted by Gasteiger charge is -2.17. The first-order valence-corrected chi connectivity index (χ1v) is 7.72. The molecule has 1 aliphatic heterocycles. The maximum atomic E-state index is 13.0. The summed E-state index contributed by atoms with van der Waals surface area (Å²) in [4.78, 5) is 10.6. The van der Waals surface area contributed by atoms with Gasteiger partial charge in [-0.25, -0.2) is 9.37 Å². The van der Waals surface area contributed by atoms with Gasteiger partial charge in [0.15, 0.2) is 0 Å². The van der Waals surface area contributed by atoms with Crippen molar-refractivity contribution in [3.8, 4) is 0 Å². The van der Waals surface area contributed by atoms with Crippen molar-refractivity contribution in [3.63, 3.8) is 0 Å². The van der Waals surface area contributed by atoms with Crippen LogP contribution in [0.5, 0.6) is 0 Å². The minimum absolute atomic E-state index is 0.229. The first-order chi connectivity index (χ1) is 11.6. The summed E-state index contributed by atoms with van der Waals surface area (Å²) >= 11 is 0. The largest absolute Gasteiger partial charge is 0.368 e. The molecule has 122 valence electrons. The molecule has 0 fully saturated rings. The number of aryl methyl sites for hydroxylation is 1. The summed E-state index contributed by atoms with van der Waals surface area (Å²) in [5, 5.41) is 4.46. The zero-order valence-corrected chi connectivity index (χ0v) is 13.3. The average molecular weight is 324 g/mol. The fourth-order valence-electron chi connectivity index (χ4n) is 3.00. The standard InChI is InChI=1S/C17H17FN6/c1-11-6-16(22-17(19)21-11)23-9-13-7-20-24(15(13)10-23)8-12-2-4-14(18)5-3-12/h2-7H,8-10H2,1H3,(H2,19,21,22). The van der Waals surface area contributed by atoms with Crippen molar-refractivity contribution >= 4 is 11.8 Å². The third-order valence-corrected chi connectivity index (χ3v) is 4.16. The lowest BCUT2D eigenvalue weighted by molar-refractivity contribution is 0.620. The van der Waals surface area contributed by atoms with Crippen LogP contribution in [0.3, 0.4) is 0 Å². The van der Waals surface area contributed by atoms with E-state index in [4.69, 9.17) is 5.73 Å².